The summed E-state index contributed by atoms with van der Waals surface area (Å²) in [6.45, 7) is 6.49. The molecule has 2 rings (SSSR count). The highest BCUT2D eigenvalue weighted by Crippen LogP contribution is 2.14. The number of aromatic nitrogens is 2. The highest BCUT2D eigenvalue weighted by atomic mass is 16.5. The Hall–Kier alpha value is -1.69. The number of likely N-dealkylation sites (tertiary alicyclic amines) is 1. The zero-order chi connectivity index (χ0) is 15.2. The summed E-state index contributed by atoms with van der Waals surface area (Å²) in [4.78, 5) is 14.1. The van der Waals surface area contributed by atoms with E-state index in [1.807, 2.05) is 26.0 Å². The van der Waals surface area contributed by atoms with Gasteiger partial charge in [0.15, 0.2) is 0 Å². The molecule has 1 fully saturated rings. The molecule has 116 valence electrons. The molecule has 0 aromatic carbocycles. The lowest BCUT2D eigenvalue weighted by Crippen LogP contribution is -2.48. The first-order valence-corrected chi connectivity index (χ1v) is 7.48. The Labute approximate surface area is 125 Å². The van der Waals surface area contributed by atoms with E-state index in [0.29, 0.717) is 5.88 Å². The van der Waals surface area contributed by atoms with Gasteiger partial charge in [0.25, 0.3) is 0 Å². The summed E-state index contributed by atoms with van der Waals surface area (Å²) in [5.74, 6) is 0.693. The molecule has 6 nitrogen and oxygen atoms in total. The molecule has 1 atom stereocenters. The van der Waals surface area contributed by atoms with Gasteiger partial charge in [-0.25, -0.2) is 0 Å². The second-order valence-corrected chi connectivity index (χ2v) is 5.80. The van der Waals surface area contributed by atoms with Gasteiger partial charge < -0.3 is 10.1 Å². The fourth-order valence-corrected chi connectivity index (χ4v) is 2.45. The summed E-state index contributed by atoms with van der Waals surface area (Å²) in [6, 6.07) is 3.99. The van der Waals surface area contributed by atoms with Crippen molar-refractivity contribution in [1.82, 2.24) is 20.4 Å². The van der Waals surface area contributed by atoms with Crippen molar-refractivity contribution in [2.24, 2.45) is 5.92 Å². The fourth-order valence-electron chi connectivity index (χ4n) is 2.45. The standard InChI is InChI=1S/C15H24N4O2/c1-11(2)15(20)16-12-5-4-8-19(9-12)10-13-6-7-14(21-3)18-17-13/h6-7,11-12H,4-5,8-10H2,1-3H3,(H,16,20)/t12-/m1/s1. The van der Waals surface area contributed by atoms with Crippen molar-refractivity contribution in [3.05, 3.63) is 17.8 Å². The van der Waals surface area contributed by atoms with Crippen molar-refractivity contribution < 1.29 is 9.53 Å². The van der Waals surface area contributed by atoms with Crippen LogP contribution in [0, 0.1) is 5.92 Å². The third kappa shape index (κ3) is 4.67. The van der Waals surface area contributed by atoms with Crippen molar-refractivity contribution in [1.29, 1.82) is 0 Å². The highest BCUT2D eigenvalue weighted by molar-refractivity contribution is 5.78. The molecule has 1 aliphatic rings. The Balaban J connectivity index is 1.87. The van der Waals surface area contributed by atoms with Gasteiger partial charge in [0.1, 0.15) is 0 Å². The van der Waals surface area contributed by atoms with Gasteiger partial charge in [-0.2, -0.15) is 5.10 Å². The van der Waals surface area contributed by atoms with Crippen molar-refractivity contribution in [2.75, 3.05) is 20.2 Å². The van der Waals surface area contributed by atoms with Crippen LogP contribution in [0.5, 0.6) is 5.88 Å². The van der Waals surface area contributed by atoms with E-state index in [-0.39, 0.29) is 17.9 Å². The number of nitrogens with zero attached hydrogens (tertiary/aromatic N) is 3. The number of amides is 1. The largest absolute Gasteiger partial charge is 0.480 e. The van der Waals surface area contributed by atoms with E-state index >= 15 is 0 Å². The van der Waals surface area contributed by atoms with E-state index in [1.165, 1.54) is 0 Å². The molecule has 0 unspecified atom stereocenters. The smallest absolute Gasteiger partial charge is 0.233 e. The van der Waals surface area contributed by atoms with Gasteiger partial charge in [-0.15, -0.1) is 5.10 Å². The number of nitrogens with one attached hydrogen (secondary N) is 1. The summed E-state index contributed by atoms with van der Waals surface area (Å²) < 4.78 is 5.01. The molecule has 2 heterocycles. The van der Waals surface area contributed by atoms with Gasteiger partial charge in [0.2, 0.25) is 11.8 Å². The summed E-state index contributed by atoms with van der Waals surface area (Å²) in [5.41, 5.74) is 0.923. The first-order valence-electron chi connectivity index (χ1n) is 7.48. The molecular formula is C15H24N4O2. The molecule has 1 aliphatic heterocycles. The number of ether oxygens (including phenoxy) is 1. The maximum absolute atomic E-state index is 11.8. The number of carbonyl (C=O) groups excluding carboxylic acids is 1. The van der Waals surface area contributed by atoms with Crippen LogP contribution in [0.3, 0.4) is 0 Å². The molecular weight excluding hydrogens is 268 g/mol. The number of piperidine rings is 1. The van der Waals surface area contributed by atoms with Crippen molar-refractivity contribution in [3.8, 4) is 5.88 Å². The van der Waals surface area contributed by atoms with E-state index in [4.69, 9.17) is 4.74 Å². The maximum Gasteiger partial charge on any atom is 0.233 e. The van der Waals surface area contributed by atoms with Crippen molar-refractivity contribution in [2.45, 2.75) is 39.3 Å². The molecule has 0 spiro atoms. The molecule has 0 radical (unpaired) electrons. The molecule has 0 aliphatic carbocycles. The van der Waals surface area contributed by atoms with Gasteiger partial charge in [0.05, 0.1) is 12.8 Å². The number of hydrogen-bond acceptors (Lipinski definition) is 5. The normalized spacial score (nSPS) is 19.5. The van der Waals surface area contributed by atoms with Crippen LogP contribution in [0.1, 0.15) is 32.4 Å². The molecule has 1 N–H and O–H groups in total. The van der Waals surface area contributed by atoms with Crippen LogP contribution >= 0.6 is 0 Å². The molecule has 1 aromatic heterocycles. The molecule has 21 heavy (non-hydrogen) atoms. The number of rotatable bonds is 5. The predicted octanol–water partition coefficient (Wildman–Crippen LogP) is 1.22. The van der Waals surface area contributed by atoms with Crippen LogP contribution in [-0.2, 0) is 11.3 Å². The van der Waals surface area contributed by atoms with E-state index in [1.54, 1.807) is 7.11 Å². The first-order chi connectivity index (χ1) is 10.1. The van der Waals surface area contributed by atoms with Gasteiger partial charge in [-0.1, -0.05) is 13.8 Å². The van der Waals surface area contributed by atoms with E-state index in [0.717, 1.165) is 38.2 Å². The molecule has 0 saturated carbocycles. The third-order valence-electron chi connectivity index (χ3n) is 3.67. The lowest BCUT2D eigenvalue weighted by molar-refractivity contribution is -0.125. The van der Waals surface area contributed by atoms with Gasteiger partial charge in [-0.05, 0) is 25.5 Å². The minimum atomic E-state index is 0.0350. The first kappa shape index (κ1) is 15.7. The summed E-state index contributed by atoms with van der Waals surface area (Å²) in [7, 11) is 1.58. The van der Waals surface area contributed by atoms with Gasteiger partial charge in [-0.3, -0.25) is 9.69 Å². The average molecular weight is 292 g/mol. The van der Waals surface area contributed by atoms with Crippen LogP contribution in [0.2, 0.25) is 0 Å². The topological polar surface area (TPSA) is 67.3 Å². The van der Waals surface area contributed by atoms with Gasteiger partial charge in [0, 0.05) is 31.1 Å². The maximum atomic E-state index is 11.8. The Morgan fingerprint density at radius 3 is 2.90 bits per heavy atom. The number of carbonyl (C=O) groups is 1. The molecule has 1 saturated heterocycles. The summed E-state index contributed by atoms with van der Waals surface area (Å²) >= 11 is 0. The number of methoxy groups -OCH3 is 1. The Morgan fingerprint density at radius 1 is 1.48 bits per heavy atom. The van der Waals surface area contributed by atoms with Crippen molar-refractivity contribution >= 4 is 5.91 Å². The third-order valence-corrected chi connectivity index (χ3v) is 3.67. The van der Waals surface area contributed by atoms with E-state index < -0.39 is 0 Å². The Morgan fingerprint density at radius 2 is 2.29 bits per heavy atom. The average Bonchev–Trinajstić information content (AvgIpc) is 2.48. The van der Waals surface area contributed by atoms with Crippen LogP contribution in [-0.4, -0.2) is 47.2 Å². The second kappa shape index (κ2) is 7.36. The second-order valence-electron chi connectivity index (χ2n) is 5.80. The SMILES string of the molecule is COc1ccc(CN2CCC[C@@H](NC(=O)C(C)C)C2)nn1. The van der Waals surface area contributed by atoms with Crippen molar-refractivity contribution in [3.63, 3.8) is 0 Å². The van der Waals surface area contributed by atoms with Gasteiger partial charge >= 0.3 is 0 Å². The Bertz CT molecular complexity index is 461. The highest BCUT2D eigenvalue weighted by Gasteiger charge is 2.22. The van der Waals surface area contributed by atoms with Crippen LogP contribution < -0.4 is 10.1 Å². The molecule has 1 amide bonds. The summed E-state index contributed by atoms with van der Waals surface area (Å²) in [6.07, 6.45) is 2.13. The van der Waals surface area contributed by atoms with E-state index in [9.17, 15) is 4.79 Å². The lowest BCUT2D eigenvalue weighted by Gasteiger charge is -2.33. The zero-order valence-electron chi connectivity index (χ0n) is 13.0. The fraction of sp³-hybridized carbons (Fsp3) is 0.667. The molecule has 1 aromatic rings. The van der Waals surface area contributed by atoms with Crippen LogP contribution in [0.15, 0.2) is 12.1 Å². The predicted molar refractivity (Wildman–Crippen MR) is 79.9 cm³/mol. The molecule has 0 bridgehead atoms. The minimum absolute atomic E-state index is 0.0350. The Kier molecular flexibility index (Phi) is 5.50. The quantitative estimate of drug-likeness (QED) is 0.884. The molecule has 6 heteroatoms. The lowest BCUT2D eigenvalue weighted by atomic mass is 10.0. The monoisotopic (exact) mass is 292 g/mol. The zero-order valence-corrected chi connectivity index (χ0v) is 13.0. The summed E-state index contributed by atoms with van der Waals surface area (Å²) in [5, 5.41) is 11.3. The van der Waals surface area contributed by atoms with Crippen LogP contribution in [0.4, 0.5) is 0 Å². The van der Waals surface area contributed by atoms with Crippen LogP contribution in [0.25, 0.3) is 0 Å². The van der Waals surface area contributed by atoms with E-state index in [2.05, 4.69) is 20.4 Å². The number of hydrogen-bond donors (Lipinski definition) is 1. The minimum Gasteiger partial charge on any atom is -0.480 e.